The highest BCUT2D eigenvalue weighted by Crippen LogP contribution is 2.36. The summed E-state index contributed by atoms with van der Waals surface area (Å²) in [7, 11) is 2.18. The van der Waals surface area contributed by atoms with Crippen LogP contribution in [-0.2, 0) is 9.53 Å². The van der Waals surface area contributed by atoms with Crippen molar-refractivity contribution in [2.45, 2.75) is 64.0 Å². The van der Waals surface area contributed by atoms with Gasteiger partial charge in [-0.3, -0.25) is 9.69 Å². The summed E-state index contributed by atoms with van der Waals surface area (Å²) in [5, 5.41) is 0. The van der Waals surface area contributed by atoms with Crippen LogP contribution in [0.3, 0.4) is 0 Å². The van der Waals surface area contributed by atoms with Crippen LogP contribution in [0.25, 0.3) is 0 Å². The number of hydrogen-bond acceptors (Lipinski definition) is 4. The Morgan fingerprint density at radius 1 is 1.25 bits per heavy atom. The summed E-state index contributed by atoms with van der Waals surface area (Å²) in [5.74, 6) is -0.0285. The highest BCUT2D eigenvalue weighted by molar-refractivity contribution is 5.71. The molecule has 0 aromatic carbocycles. The largest absolute Gasteiger partial charge is 0.466 e. The first-order valence-corrected chi connectivity index (χ1v) is 8.18. The Bertz CT molecular complexity index is 314. The zero-order valence-corrected chi connectivity index (χ0v) is 13.4. The summed E-state index contributed by atoms with van der Waals surface area (Å²) in [6.45, 7) is 7.91. The number of rotatable bonds is 4. The molecule has 0 aliphatic carbocycles. The number of carbonyl (C=O) groups is 1. The minimum Gasteiger partial charge on any atom is -0.466 e. The predicted molar refractivity (Wildman–Crippen MR) is 80.7 cm³/mol. The Balaban J connectivity index is 2.13. The van der Waals surface area contributed by atoms with Crippen molar-refractivity contribution in [3.8, 4) is 0 Å². The minimum atomic E-state index is -0.0285. The third-order valence-corrected chi connectivity index (χ3v) is 5.03. The lowest BCUT2D eigenvalue weighted by Gasteiger charge is -2.40. The average molecular weight is 282 g/mol. The number of hydrogen-bond donors (Lipinski definition) is 0. The van der Waals surface area contributed by atoms with Gasteiger partial charge in [-0.25, -0.2) is 0 Å². The maximum absolute atomic E-state index is 12.1. The van der Waals surface area contributed by atoms with Gasteiger partial charge in [-0.15, -0.1) is 0 Å². The molecule has 0 N–H and O–H groups in total. The molecule has 0 spiro atoms. The van der Waals surface area contributed by atoms with E-state index in [0.29, 0.717) is 19.1 Å². The van der Waals surface area contributed by atoms with Gasteiger partial charge in [-0.05, 0) is 53.2 Å². The maximum atomic E-state index is 12.1. The Hall–Kier alpha value is -0.610. The van der Waals surface area contributed by atoms with E-state index in [2.05, 4.69) is 23.8 Å². The molecule has 4 nitrogen and oxygen atoms in total. The second-order valence-corrected chi connectivity index (χ2v) is 6.58. The molecule has 116 valence electrons. The first-order valence-electron chi connectivity index (χ1n) is 8.18. The molecule has 20 heavy (non-hydrogen) atoms. The van der Waals surface area contributed by atoms with Gasteiger partial charge in [0.15, 0.2) is 0 Å². The van der Waals surface area contributed by atoms with Crippen molar-refractivity contribution in [3.05, 3.63) is 0 Å². The van der Waals surface area contributed by atoms with Crippen LogP contribution < -0.4 is 0 Å². The highest BCUT2D eigenvalue weighted by atomic mass is 16.5. The molecule has 0 aromatic rings. The van der Waals surface area contributed by atoms with Crippen LogP contribution in [0, 0.1) is 0 Å². The molecule has 2 rings (SSSR count). The number of likely N-dealkylation sites (tertiary alicyclic amines) is 2. The molecule has 2 aliphatic heterocycles. The lowest BCUT2D eigenvalue weighted by Crippen LogP contribution is -2.52. The third kappa shape index (κ3) is 3.53. The van der Waals surface area contributed by atoms with E-state index in [0.717, 1.165) is 26.1 Å². The van der Waals surface area contributed by atoms with Crippen molar-refractivity contribution < 1.29 is 9.53 Å². The van der Waals surface area contributed by atoms with Crippen molar-refractivity contribution in [1.82, 2.24) is 9.80 Å². The predicted octanol–water partition coefficient (Wildman–Crippen LogP) is 2.28. The first kappa shape index (κ1) is 15.8. The second kappa shape index (κ2) is 6.90. The number of carbonyl (C=O) groups excluding carboxylic acids is 1. The summed E-state index contributed by atoms with van der Waals surface area (Å²) >= 11 is 0. The lowest BCUT2D eigenvalue weighted by molar-refractivity contribution is -0.146. The van der Waals surface area contributed by atoms with E-state index < -0.39 is 0 Å². The molecule has 2 heterocycles. The van der Waals surface area contributed by atoms with Crippen LogP contribution in [0.2, 0.25) is 0 Å². The second-order valence-electron chi connectivity index (χ2n) is 6.58. The van der Waals surface area contributed by atoms with E-state index in [1.54, 1.807) is 0 Å². The number of likely N-dealkylation sites (N-methyl/N-ethyl adjacent to an activating group) is 1. The molecule has 2 unspecified atom stereocenters. The maximum Gasteiger partial charge on any atom is 0.307 e. The van der Waals surface area contributed by atoms with Crippen molar-refractivity contribution >= 4 is 5.97 Å². The number of esters is 1. The highest BCUT2D eigenvalue weighted by Gasteiger charge is 2.46. The summed E-state index contributed by atoms with van der Waals surface area (Å²) in [4.78, 5) is 17.1. The van der Waals surface area contributed by atoms with Crippen molar-refractivity contribution in [2.75, 3.05) is 33.3 Å². The molecule has 0 saturated carbocycles. The molecule has 2 fully saturated rings. The van der Waals surface area contributed by atoms with Crippen LogP contribution >= 0.6 is 0 Å². The molecule has 0 amide bonds. The van der Waals surface area contributed by atoms with Crippen LogP contribution in [0.4, 0.5) is 0 Å². The van der Waals surface area contributed by atoms with E-state index in [-0.39, 0.29) is 11.5 Å². The minimum absolute atomic E-state index is 0.00472. The smallest absolute Gasteiger partial charge is 0.307 e. The molecular formula is C16H30N2O2. The van der Waals surface area contributed by atoms with Crippen LogP contribution in [0.1, 0.15) is 52.4 Å². The van der Waals surface area contributed by atoms with E-state index in [1.165, 1.54) is 25.7 Å². The third-order valence-electron chi connectivity index (χ3n) is 5.03. The fraction of sp³-hybridized carbons (Fsp3) is 0.938. The van der Waals surface area contributed by atoms with E-state index in [4.69, 9.17) is 4.74 Å². The Kier molecular flexibility index (Phi) is 5.44. The molecule has 0 bridgehead atoms. The molecule has 0 aromatic heterocycles. The van der Waals surface area contributed by atoms with Gasteiger partial charge in [0.05, 0.1) is 13.0 Å². The quantitative estimate of drug-likeness (QED) is 0.741. The monoisotopic (exact) mass is 282 g/mol. The van der Waals surface area contributed by atoms with Gasteiger partial charge in [0.2, 0.25) is 0 Å². The van der Waals surface area contributed by atoms with Crippen molar-refractivity contribution in [1.29, 1.82) is 0 Å². The summed E-state index contributed by atoms with van der Waals surface area (Å²) < 4.78 is 5.24. The fourth-order valence-corrected chi connectivity index (χ4v) is 3.89. The summed E-state index contributed by atoms with van der Waals surface area (Å²) in [5.41, 5.74) is 0.00472. The van der Waals surface area contributed by atoms with Crippen LogP contribution in [0.15, 0.2) is 0 Å². The number of nitrogens with zero attached hydrogens (tertiary/aromatic N) is 2. The molecule has 0 radical (unpaired) electrons. The van der Waals surface area contributed by atoms with E-state index in [9.17, 15) is 4.79 Å². The van der Waals surface area contributed by atoms with E-state index in [1.807, 2.05) is 6.92 Å². The van der Waals surface area contributed by atoms with Crippen molar-refractivity contribution in [3.63, 3.8) is 0 Å². The zero-order valence-electron chi connectivity index (χ0n) is 13.4. The molecule has 2 atom stereocenters. The fourth-order valence-electron chi connectivity index (χ4n) is 3.89. The molecular weight excluding hydrogens is 252 g/mol. The van der Waals surface area contributed by atoms with Gasteiger partial charge in [-0.1, -0.05) is 12.8 Å². The van der Waals surface area contributed by atoms with Gasteiger partial charge in [0.25, 0.3) is 0 Å². The molecule has 2 aliphatic rings. The average Bonchev–Trinajstić information content (AvgIpc) is 2.61. The van der Waals surface area contributed by atoms with E-state index >= 15 is 0 Å². The standard InChI is InChI=1S/C16H30N2O2/c1-4-20-15(19)12-16(11-14(2)17(3)13-16)18-9-7-5-6-8-10-18/h14H,4-13H2,1-3H3. The summed E-state index contributed by atoms with van der Waals surface area (Å²) in [6.07, 6.45) is 6.83. The van der Waals surface area contributed by atoms with Gasteiger partial charge in [-0.2, -0.15) is 0 Å². The van der Waals surface area contributed by atoms with Crippen LogP contribution in [0.5, 0.6) is 0 Å². The Morgan fingerprint density at radius 2 is 1.90 bits per heavy atom. The topological polar surface area (TPSA) is 32.8 Å². The normalized spacial score (nSPS) is 33.0. The number of ether oxygens (including phenoxy) is 1. The lowest BCUT2D eigenvalue weighted by atomic mass is 9.89. The SMILES string of the molecule is CCOC(=O)CC1(N2CCCCCC2)CC(C)N(C)C1. The van der Waals surface area contributed by atoms with Crippen LogP contribution in [-0.4, -0.2) is 60.6 Å². The Morgan fingerprint density at radius 3 is 2.40 bits per heavy atom. The molecule has 2 saturated heterocycles. The van der Waals surface area contributed by atoms with Gasteiger partial charge >= 0.3 is 5.97 Å². The van der Waals surface area contributed by atoms with Gasteiger partial charge < -0.3 is 9.64 Å². The van der Waals surface area contributed by atoms with Gasteiger partial charge in [0.1, 0.15) is 0 Å². The summed E-state index contributed by atoms with van der Waals surface area (Å²) in [6, 6.07) is 0.549. The molecule has 4 heteroatoms. The van der Waals surface area contributed by atoms with Crippen molar-refractivity contribution in [2.24, 2.45) is 0 Å². The Labute approximate surface area is 123 Å². The zero-order chi connectivity index (χ0) is 14.6. The first-order chi connectivity index (χ1) is 9.57. The van der Waals surface area contributed by atoms with Gasteiger partial charge in [0, 0.05) is 18.1 Å².